The molecule has 2 aliphatic rings. The Hall–Kier alpha value is -0.260. The maximum absolute atomic E-state index is 2.50. The zero-order valence-electron chi connectivity index (χ0n) is 8.13. The van der Waals surface area contributed by atoms with Gasteiger partial charge in [-0.25, -0.2) is 0 Å². The lowest BCUT2D eigenvalue weighted by molar-refractivity contribution is 0.345. The molecule has 68 valence electrons. The summed E-state index contributed by atoms with van der Waals surface area (Å²) < 4.78 is 0. The summed E-state index contributed by atoms with van der Waals surface area (Å²) in [5.41, 5.74) is 0. The molecule has 0 bridgehead atoms. The van der Waals surface area contributed by atoms with Gasteiger partial charge in [0.15, 0.2) is 0 Å². The van der Waals surface area contributed by atoms with Gasteiger partial charge in [-0.3, -0.25) is 0 Å². The molecule has 0 aromatic rings. The molecule has 0 N–H and O–H groups in total. The number of allylic oxidation sites excluding steroid dienone is 2. The summed E-state index contributed by atoms with van der Waals surface area (Å²) in [4.78, 5) is 0. The van der Waals surface area contributed by atoms with E-state index < -0.39 is 0 Å². The average Bonchev–Trinajstić information content (AvgIpc) is 2.58. The van der Waals surface area contributed by atoms with Gasteiger partial charge in [0.25, 0.3) is 0 Å². The molecule has 0 radical (unpaired) electrons. The molecule has 0 unspecified atom stereocenters. The van der Waals surface area contributed by atoms with Gasteiger partial charge in [-0.05, 0) is 43.4 Å². The molecule has 0 heteroatoms. The van der Waals surface area contributed by atoms with E-state index in [2.05, 4.69) is 19.1 Å². The fraction of sp³-hybridized carbons (Fsp3) is 0.833. The van der Waals surface area contributed by atoms with Crippen LogP contribution in [0.25, 0.3) is 0 Å². The summed E-state index contributed by atoms with van der Waals surface area (Å²) in [6, 6.07) is 0. The Balaban J connectivity index is 1.91. The van der Waals surface area contributed by atoms with Gasteiger partial charge in [-0.15, -0.1) is 0 Å². The third kappa shape index (κ3) is 1.73. The molecule has 0 saturated heterocycles. The van der Waals surface area contributed by atoms with Crippen LogP contribution in [0.15, 0.2) is 12.2 Å². The summed E-state index contributed by atoms with van der Waals surface area (Å²) >= 11 is 0. The fourth-order valence-corrected chi connectivity index (χ4v) is 2.76. The van der Waals surface area contributed by atoms with Crippen molar-refractivity contribution in [3.8, 4) is 0 Å². The quantitative estimate of drug-likeness (QED) is 0.517. The zero-order chi connectivity index (χ0) is 8.39. The lowest BCUT2D eigenvalue weighted by atomic mass is 9.81. The minimum Gasteiger partial charge on any atom is -0.0854 e. The van der Waals surface area contributed by atoms with Crippen molar-refractivity contribution in [3.63, 3.8) is 0 Å². The molecule has 0 heterocycles. The van der Waals surface area contributed by atoms with E-state index in [0.717, 1.165) is 17.8 Å². The number of hydrogen-bond acceptors (Lipinski definition) is 0. The Morgan fingerprint density at radius 3 is 2.25 bits per heavy atom. The van der Waals surface area contributed by atoms with Crippen LogP contribution in [0.5, 0.6) is 0 Å². The zero-order valence-corrected chi connectivity index (χ0v) is 8.13. The van der Waals surface area contributed by atoms with Gasteiger partial charge >= 0.3 is 0 Å². The Kier molecular flexibility index (Phi) is 2.53. The summed E-state index contributed by atoms with van der Waals surface area (Å²) in [6.45, 7) is 2.33. The van der Waals surface area contributed by atoms with Crippen LogP contribution >= 0.6 is 0 Å². The van der Waals surface area contributed by atoms with Gasteiger partial charge in [0, 0.05) is 0 Å². The van der Waals surface area contributed by atoms with E-state index >= 15 is 0 Å². The van der Waals surface area contributed by atoms with Crippen LogP contribution in [0.3, 0.4) is 0 Å². The number of rotatable bonds is 1. The van der Waals surface area contributed by atoms with E-state index in [9.17, 15) is 0 Å². The lowest BCUT2D eigenvalue weighted by Gasteiger charge is -2.25. The van der Waals surface area contributed by atoms with Crippen molar-refractivity contribution < 1.29 is 0 Å². The first-order chi connectivity index (χ1) is 5.86. The van der Waals surface area contributed by atoms with Crippen LogP contribution in [0.4, 0.5) is 0 Å². The Bertz CT molecular complexity index is 163. The monoisotopic (exact) mass is 164 g/mol. The molecule has 1 saturated carbocycles. The van der Waals surface area contributed by atoms with Gasteiger partial charge in [-0.2, -0.15) is 0 Å². The SMILES string of the molecule is C[C@H]1C=C[C@@H](C2CCCC2)CC1. The van der Waals surface area contributed by atoms with Crippen LogP contribution in [0.1, 0.15) is 45.4 Å². The second-order valence-corrected chi connectivity index (χ2v) is 4.65. The van der Waals surface area contributed by atoms with E-state index in [4.69, 9.17) is 0 Å². The first kappa shape index (κ1) is 8.34. The van der Waals surface area contributed by atoms with Gasteiger partial charge in [0.1, 0.15) is 0 Å². The number of hydrogen-bond donors (Lipinski definition) is 0. The highest BCUT2D eigenvalue weighted by Crippen LogP contribution is 2.37. The molecule has 0 aromatic carbocycles. The van der Waals surface area contributed by atoms with E-state index in [-0.39, 0.29) is 0 Å². The van der Waals surface area contributed by atoms with Crippen LogP contribution < -0.4 is 0 Å². The normalized spacial score (nSPS) is 37.4. The van der Waals surface area contributed by atoms with Crippen molar-refractivity contribution in [2.75, 3.05) is 0 Å². The van der Waals surface area contributed by atoms with Crippen LogP contribution in [-0.2, 0) is 0 Å². The highest BCUT2D eigenvalue weighted by molar-refractivity contribution is 4.99. The van der Waals surface area contributed by atoms with E-state index in [1.54, 1.807) is 0 Å². The fourth-order valence-electron chi connectivity index (χ4n) is 2.76. The molecule has 2 atom stereocenters. The molecule has 0 amide bonds. The van der Waals surface area contributed by atoms with E-state index in [1.807, 2.05) is 0 Å². The standard InChI is InChI=1S/C12H20/c1-10-6-8-12(9-7-10)11-4-2-3-5-11/h6,8,10-12H,2-5,7,9H2,1H3/t10-,12+/m0/s1. The smallest absolute Gasteiger partial charge is 0.0205 e. The lowest BCUT2D eigenvalue weighted by Crippen LogP contribution is -2.14. The average molecular weight is 164 g/mol. The van der Waals surface area contributed by atoms with Crippen LogP contribution in [0, 0.1) is 17.8 Å². The van der Waals surface area contributed by atoms with Gasteiger partial charge in [-0.1, -0.05) is 31.9 Å². The molecular weight excluding hydrogens is 144 g/mol. The molecule has 0 spiro atoms. The maximum atomic E-state index is 2.50. The molecule has 0 aliphatic heterocycles. The third-order valence-electron chi connectivity index (χ3n) is 3.65. The summed E-state index contributed by atoms with van der Waals surface area (Å²) in [5, 5.41) is 0. The first-order valence-corrected chi connectivity index (χ1v) is 5.54. The van der Waals surface area contributed by atoms with Gasteiger partial charge in [0.05, 0.1) is 0 Å². The molecular formula is C12H20. The topological polar surface area (TPSA) is 0 Å². The van der Waals surface area contributed by atoms with Gasteiger partial charge < -0.3 is 0 Å². The predicted molar refractivity (Wildman–Crippen MR) is 53.0 cm³/mol. The minimum absolute atomic E-state index is 0.850. The molecule has 12 heavy (non-hydrogen) atoms. The molecule has 0 nitrogen and oxygen atoms in total. The third-order valence-corrected chi connectivity index (χ3v) is 3.65. The van der Waals surface area contributed by atoms with Crippen molar-refractivity contribution >= 4 is 0 Å². The second-order valence-electron chi connectivity index (χ2n) is 4.65. The van der Waals surface area contributed by atoms with Crippen molar-refractivity contribution in [2.24, 2.45) is 17.8 Å². The van der Waals surface area contributed by atoms with Crippen molar-refractivity contribution in [1.82, 2.24) is 0 Å². The molecule has 0 aromatic heterocycles. The minimum atomic E-state index is 0.850. The molecule has 1 fully saturated rings. The predicted octanol–water partition coefficient (Wildman–Crippen LogP) is 3.78. The highest BCUT2D eigenvalue weighted by Gasteiger charge is 2.24. The molecule has 2 rings (SSSR count). The molecule has 2 aliphatic carbocycles. The largest absolute Gasteiger partial charge is 0.0854 e. The Morgan fingerprint density at radius 2 is 1.67 bits per heavy atom. The second kappa shape index (κ2) is 3.64. The van der Waals surface area contributed by atoms with Crippen molar-refractivity contribution in [3.05, 3.63) is 12.2 Å². The van der Waals surface area contributed by atoms with Crippen LogP contribution in [-0.4, -0.2) is 0 Å². The summed E-state index contributed by atoms with van der Waals surface area (Å²) in [6.07, 6.45) is 13.8. The Morgan fingerprint density at radius 1 is 0.917 bits per heavy atom. The van der Waals surface area contributed by atoms with Crippen molar-refractivity contribution in [1.29, 1.82) is 0 Å². The first-order valence-electron chi connectivity index (χ1n) is 5.54. The summed E-state index contributed by atoms with van der Waals surface area (Å²) in [7, 11) is 0. The maximum Gasteiger partial charge on any atom is -0.0205 e. The van der Waals surface area contributed by atoms with Crippen LogP contribution in [0.2, 0.25) is 0 Å². The van der Waals surface area contributed by atoms with Crippen molar-refractivity contribution in [2.45, 2.75) is 45.4 Å². The van der Waals surface area contributed by atoms with Gasteiger partial charge in [0.2, 0.25) is 0 Å². The van der Waals surface area contributed by atoms with E-state index in [0.29, 0.717) is 0 Å². The Labute approximate surface area is 76.1 Å². The summed E-state index contributed by atoms with van der Waals surface area (Å²) in [5.74, 6) is 2.85. The highest BCUT2D eigenvalue weighted by atomic mass is 14.3. The van der Waals surface area contributed by atoms with E-state index in [1.165, 1.54) is 38.5 Å².